The van der Waals surface area contributed by atoms with Gasteiger partial charge in [0, 0.05) is 57.1 Å². The van der Waals surface area contributed by atoms with E-state index in [4.69, 9.17) is 10.1 Å². The number of rotatable bonds is 5. The second-order valence-electron chi connectivity index (χ2n) is 8.58. The van der Waals surface area contributed by atoms with Crippen LogP contribution >= 0.6 is 0 Å². The Kier molecular flexibility index (Phi) is 4.60. The summed E-state index contributed by atoms with van der Waals surface area (Å²) in [6.07, 6.45) is 11.9. The van der Waals surface area contributed by atoms with Gasteiger partial charge in [-0.15, -0.1) is 0 Å². The molecule has 6 heteroatoms. The lowest BCUT2D eigenvalue weighted by molar-refractivity contribution is 0.198. The van der Waals surface area contributed by atoms with Crippen molar-refractivity contribution in [3.05, 3.63) is 24.2 Å². The molecular formula is C21H30N6. The molecule has 5 rings (SSSR count). The second kappa shape index (κ2) is 7.23. The maximum atomic E-state index is 4.92. The molecule has 144 valence electrons. The third kappa shape index (κ3) is 3.72. The summed E-state index contributed by atoms with van der Waals surface area (Å²) in [6, 6.07) is 2.05. The van der Waals surface area contributed by atoms with E-state index in [-0.39, 0.29) is 0 Å². The van der Waals surface area contributed by atoms with Gasteiger partial charge < -0.3 is 9.80 Å². The molecule has 6 nitrogen and oxygen atoms in total. The molecule has 0 spiro atoms. The maximum absolute atomic E-state index is 4.92. The molecule has 0 N–H and O–H groups in total. The molecule has 2 saturated heterocycles. The van der Waals surface area contributed by atoms with Gasteiger partial charge in [0.25, 0.3) is 0 Å². The Bertz CT molecular complexity index is 790. The molecule has 0 bridgehead atoms. The van der Waals surface area contributed by atoms with E-state index in [2.05, 4.69) is 21.0 Å². The first-order valence-electron chi connectivity index (χ1n) is 10.6. The Morgan fingerprint density at radius 1 is 1.07 bits per heavy atom. The SMILES string of the molecule is Cn1cc(-c2ccnc(N3CCCC3)n2)c([C@H]2CCCN(CC3CC3)C2)n1. The fourth-order valence-corrected chi connectivity index (χ4v) is 4.68. The maximum Gasteiger partial charge on any atom is 0.225 e. The Morgan fingerprint density at radius 2 is 1.93 bits per heavy atom. The average molecular weight is 367 g/mol. The molecular weight excluding hydrogens is 336 g/mol. The number of hydrogen-bond acceptors (Lipinski definition) is 5. The smallest absolute Gasteiger partial charge is 0.225 e. The number of likely N-dealkylation sites (tertiary alicyclic amines) is 1. The molecule has 2 aromatic heterocycles. The van der Waals surface area contributed by atoms with Crippen LogP contribution in [-0.4, -0.2) is 57.4 Å². The minimum Gasteiger partial charge on any atom is -0.341 e. The molecule has 0 unspecified atom stereocenters. The van der Waals surface area contributed by atoms with Gasteiger partial charge >= 0.3 is 0 Å². The molecule has 1 atom stereocenters. The quantitative estimate of drug-likeness (QED) is 0.814. The standard InChI is InChI=1S/C21H30N6/c1-25-15-18(19-8-9-22-21(23-19)27-11-2-3-12-27)20(24-25)17-5-4-10-26(14-17)13-16-6-7-16/h8-9,15-17H,2-7,10-14H2,1H3/t17-/m0/s1. The molecule has 4 heterocycles. The molecule has 2 aliphatic heterocycles. The molecule has 3 aliphatic rings. The van der Waals surface area contributed by atoms with Gasteiger partial charge in [0.15, 0.2) is 0 Å². The highest BCUT2D eigenvalue weighted by atomic mass is 15.3. The van der Waals surface area contributed by atoms with Crippen molar-refractivity contribution >= 4 is 5.95 Å². The second-order valence-corrected chi connectivity index (χ2v) is 8.58. The van der Waals surface area contributed by atoms with Crippen molar-refractivity contribution in [2.24, 2.45) is 13.0 Å². The Morgan fingerprint density at radius 3 is 2.74 bits per heavy atom. The zero-order valence-corrected chi connectivity index (χ0v) is 16.3. The highest BCUT2D eigenvalue weighted by molar-refractivity contribution is 5.63. The first-order chi connectivity index (χ1) is 13.3. The lowest BCUT2D eigenvalue weighted by Crippen LogP contribution is -2.36. The lowest BCUT2D eigenvalue weighted by atomic mass is 9.91. The highest BCUT2D eigenvalue weighted by Crippen LogP contribution is 2.36. The van der Waals surface area contributed by atoms with Crippen LogP contribution in [0, 0.1) is 5.92 Å². The minimum atomic E-state index is 0.513. The highest BCUT2D eigenvalue weighted by Gasteiger charge is 2.30. The Labute approximate surface area is 161 Å². The summed E-state index contributed by atoms with van der Waals surface area (Å²) in [4.78, 5) is 14.4. The third-order valence-corrected chi connectivity index (χ3v) is 6.27. The van der Waals surface area contributed by atoms with Crippen molar-refractivity contribution in [1.82, 2.24) is 24.6 Å². The van der Waals surface area contributed by atoms with Gasteiger partial charge in [-0.25, -0.2) is 9.97 Å². The zero-order chi connectivity index (χ0) is 18.2. The van der Waals surface area contributed by atoms with Gasteiger partial charge in [0.1, 0.15) is 0 Å². The minimum absolute atomic E-state index is 0.513. The summed E-state index contributed by atoms with van der Waals surface area (Å²) in [5.74, 6) is 2.34. The zero-order valence-electron chi connectivity index (χ0n) is 16.3. The third-order valence-electron chi connectivity index (χ3n) is 6.27. The van der Waals surface area contributed by atoms with Crippen LogP contribution in [0.25, 0.3) is 11.3 Å². The van der Waals surface area contributed by atoms with Gasteiger partial charge in [0.05, 0.1) is 11.4 Å². The lowest BCUT2D eigenvalue weighted by Gasteiger charge is -2.32. The largest absolute Gasteiger partial charge is 0.341 e. The number of aryl methyl sites for hydroxylation is 1. The van der Waals surface area contributed by atoms with Crippen molar-refractivity contribution in [2.45, 2.75) is 44.4 Å². The van der Waals surface area contributed by atoms with Crippen LogP contribution < -0.4 is 4.90 Å². The molecule has 1 aliphatic carbocycles. The van der Waals surface area contributed by atoms with Crippen molar-refractivity contribution in [3.8, 4) is 11.3 Å². The van der Waals surface area contributed by atoms with Crippen molar-refractivity contribution < 1.29 is 0 Å². The number of aromatic nitrogens is 4. The molecule has 1 saturated carbocycles. The predicted octanol–water partition coefficient (Wildman–Crippen LogP) is 3.07. The van der Waals surface area contributed by atoms with Crippen LogP contribution in [0.15, 0.2) is 18.5 Å². The van der Waals surface area contributed by atoms with E-state index in [9.17, 15) is 0 Å². The number of nitrogens with zero attached hydrogens (tertiary/aromatic N) is 6. The molecule has 27 heavy (non-hydrogen) atoms. The van der Waals surface area contributed by atoms with Crippen LogP contribution in [0.4, 0.5) is 5.95 Å². The van der Waals surface area contributed by atoms with E-state index < -0.39 is 0 Å². The van der Waals surface area contributed by atoms with Gasteiger partial charge in [0.2, 0.25) is 5.95 Å². The molecule has 2 aromatic rings. The predicted molar refractivity (Wildman–Crippen MR) is 107 cm³/mol. The summed E-state index contributed by atoms with van der Waals surface area (Å²) in [6.45, 7) is 5.82. The van der Waals surface area contributed by atoms with Crippen LogP contribution in [-0.2, 0) is 7.05 Å². The van der Waals surface area contributed by atoms with E-state index >= 15 is 0 Å². The summed E-state index contributed by atoms with van der Waals surface area (Å²) in [5, 5.41) is 4.88. The van der Waals surface area contributed by atoms with E-state index in [1.165, 1.54) is 62.9 Å². The Balaban J connectivity index is 1.41. The van der Waals surface area contributed by atoms with Gasteiger partial charge in [-0.05, 0) is 57.1 Å². The molecule has 3 fully saturated rings. The number of hydrogen-bond donors (Lipinski definition) is 0. The topological polar surface area (TPSA) is 50.1 Å². The van der Waals surface area contributed by atoms with Gasteiger partial charge in [-0.2, -0.15) is 5.10 Å². The van der Waals surface area contributed by atoms with Crippen LogP contribution in [0.3, 0.4) is 0 Å². The summed E-state index contributed by atoms with van der Waals surface area (Å²) in [7, 11) is 2.03. The van der Waals surface area contributed by atoms with Crippen LogP contribution in [0.5, 0.6) is 0 Å². The van der Waals surface area contributed by atoms with Crippen molar-refractivity contribution in [1.29, 1.82) is 0 Å². The van der Waals surface area contributed by atoms with Gasteiger partial charge in [-0.1, -0.05) is 0 Å². The first kappa shape index (κ1) is 17.2. The van der Waals surface area contributed by atoms with Crippen LogP contribution in [0.2, 0.25) is 0 Å². The summed E-state index contributed by atoms with van der Waals surface area (Å²) < 4.78 is 1.96. The van der Waals surface area contributed by atoms with E-state index in [0.29, 0.717) is 5.92 Å². The fourth-order valence-electron chi connectivity index (χ4n) is 4.68. The number of anilines is 1. The van der Waals surface area contributed by atoms with E-state index in [1.807, 2.05) is 24.0 Å². The number of piperidine rings is 1. The van der Waals surface area contributed by atoms with E-state index in [0.717, 1.165) is 37.2 Å². The normalized spacial score (nSPS) is 23.9. The summed E-state index contributed by atoms with van der Waals surface area (Å²) in [5.41, 5.74) is 3.44. The molecule has 0 aromatic carbocycles. The first-order valence-corrected chi connectivity index (χ1v) is 10.6. The van der Waals surface area contributed by atoms with Gasteiger partial charge in [-0.3, -0.25) is 4.68 Å². The van der Waals surface area contributed by atoms with Crippen molar-refractivity contribution in [2.75, 3.05) is 37.6 Å². The van der Waals surface area contributed by atoms with Crippen LogP contribution in [0.1, 0.15) is 50.1 Å². The molecule has 0 amide bonds. The summed E-state index contributed by atoms with van der Waals surface area (Å²) >= 11 is 0. The van der Waals surface area contributed by atoms with E-state index in [1.54, 1.807) is 0 Å². The van der Waals surface area contributed by atoms with Crippen molar-refractivity contribution in [3.63, 3.8) is 0 Å². The Hall–Kier alpha value is -1.95. The average Bonchev–Trinajstić information content (AvgIpc) is 3.19. The monoisotopic (exact) mass is 366 g/mol. The molecule has 0 radical (unpaired) electrons. The fraction of sp³-hybridized carbons (Fsp3) is 0.667.